The van der Waals surface area contributed by atoms with E-state index >= 15 is 0 Å². The second kappa shape index (κ2) is 3.61. The van der Waals surface area contributed by atoms with Crippen LogP contribution in [0.15, 0.2) is 12.2 Å². The summed E-state index contributed by atoms with van der Waals surface area (Å²) >= 11 is 0. The zero-order chi connectivity index (χ0) is 8.97. The molecule has 0 atom stereocenters. The molecule has 6 nitrogen and oxygen atoms in total. The van der Waals surface area contributed by atoms with E-state index in [4.69, 9.17) is 0 Å². The molecule has 6 heteroatoms. The van der Waals surface area contributed by atoms with E-state index in [0.717, 1.165) is 0 Å². The van der Waals surface area contributed by atoms with Crippen molar-refractivity contribution in [3.8, 4) is 0 Å². The first-order valence-corrected chi connectivity index (χ1v) is 3.40. The van der Waals surface area contributed by atoms with Crippen LogP contribution in [0, 0.1) is 0 Å². The third-order valence-corrected chi connectivity index (χ3v) is 1.17. The Bertz CT molecular complexity index is 303. The number of amides is 1. The molecule has 0 aliphatic heterocycles. The molecule has 0 radical (unpaired) electrons. The van der Waals surface area contributed by atoms with Crippen molar-refractivity contribution in [3.05, 3.63) is 12.2 Å². The minimum Gasteiger partial charge on any atom is -0.290 e. The van der Waals surface area contributed by atoms with Crippen molar-refractivity contribution in [1.82, 2.24) is 20.2 Å². The summed E-state index contributed by atoms with van der Waals surface area (Å²) in [5.41, 5.74) is 0. The van der Waals surface area contributed by atoms with Gasteiger partial charge in [-0.3, -0.25) is 10.1 Å². The zero-order valence-corrected chi connectivity index (χ0v) is 6.85. The standard InChI is InChI=1S/C6H9N5O/c1-3-4-5(12)7-6-8-9-10-11(6)2/h3-4H,1-2H3,(H,7,8,10,12)/b4-3+. The van der Waals surface area contributed by atoms with Gasteiger partial charge in [0.15, 0.2) is 0 Å². The average Bonchev–Trinajstić information content (AvgIpc) is 2.37. The van der Waals surface area contributed by atoms with Crippen molar-refractivity contribution < 1.29 is 4.79 Å². The quantitative estimate of drug-likeness (QED) is 0.615. The highest BCUT2D eigenvalue weighted by atomic mass is 16.1. The highest BCUT2D eigenvalue weighted by molar-refractivity contribution is 5.97. The molecule has 1 heterocycles. The van der Waals surface area contributed by atoms with E-state index in [1.54, 1.807) is 20.0 Å². The summed E-state index contributed by atoms with van der Waals surface area (Å²) in [6, 6.07) is 0. The zero-order valence-electron chi connectivity index (χ0n) is 6.85. The number of aromatic nitrogens is 4. The molecule has 64 valence electrons. The predicted molar refractivity (Wildman–Crippen MR) is 42.2 cm³/mol. The number of allylic oxidation sites excluding steroid dienone is 1. The van der Waals surface area contributed by atoms with E-state index in [1.165, 1.54) is 10.8 Å². The molecule has 1 amide bonds. The van der Waals surface area contributed by atoms with Gasteiger partial charge in [-0.2, -0.15) is 0 Å². The van der Waals surface area contributed by atoms with Crippen molar-refractivity contribution in [1.29, 1.82) is 0 Å². The lowest BCUT2D eigenvalue weighted by atomic mass is 10.5. The van der Waals surface area contributed by atoms with Crippen LogP contribution in [0.5, 0.6) is 0 Å². The lowest BCUT2D eigenvalue weighted by Gasteiger charge is -1.96. The van der Waals surface area contributed by atoms with E-state index in [9.17, 15) is 4.79 Å². The van der Waals surface area contributed by atoms with Crippen LogP contribution in [0.25, 0.3) is 0 Å². The van der Waals surface area contributed by atoms with Crippen LogP contribution in [0.3, 0.4) is 0 Å². The Balaban J connectivity index is 2.64. The number of nitrogens with zero attached hydrogens (tertiary/aromatic N) is 4. The Morgan fingerprint density at radius 2 is 2.42 bits per heavy atom. The summed E-state index contributed by atoms with van der Waals surface area (Å²) in [6.45, 7) is 1.76. The van der Waals surface area contributed by atoms with Gasteiger partial charge < -0.3 is 0 Å². The van der Waals surface area contributed by atoms with Gasteiger partial charge in [0.2, 0.25) is 11.9 Å². The number of hydrogen-bond donors (Lipinski definition) is 1. The number of anilines is 1. The maximum absolute atomic E-state index is 11.0. The van der Waals surface area contributed by atoms with E-state index in [2.05, 4.69) is 20.8 Å². The second-order valence-corrected chi connectivity index (χ2v) is 2.12. The van der Waals surface area contributed by atoms with Crippen LogP contribution in [0.2, 0.25) is 0 Å². The van der Waals surface area contributed by atoms with Crippen molar-refractivity contribution in [2.75, 3.05) is 5.32 Å². The first kappa shape index (κ1) is 8.38. The first-order chi connectivity index (χ1) is 5.74. The summed E-state index contributed by atoms with van der Waals surface area (Å²) in [4.78, 5) is 11.0. The molecule has 0 spiro atoms. The molecule has 0 unspecified atom stereocenters. The normalized spacial score (nSPS) is 10.5. The lowest BCUT2D eigenvalue weighted by molar-refractivity contribution is -0.112. The van der Waals surface area contributed by atoms with Crippen LogP contribution in [0.1, 0.15) is 6.92 Å². The molecule has 1 rings (SSSR count). The topological polar surface area (TPSA) is 72.7 Å². The fraction of sp³-hybridized carbons (Fsp3) is 0.333. The van der Waals surface area contributed by atoms with Crippen molar-refractivity contribution in [2.45, 2.75) is 6.92 Å². The van der Waals surface area contributed by atoms with Gasteiger partial charge in [-0.25, -0.2) is 4.68 Å². The molecule has 0 fully saturated rings. The molecule has 0 aliphatic rings. The molecule has 1 aromatic heterocycles. The average molecular weight is 167 g/mol. The van der Waals surface area contributed by atoms with Crippen molar-refractivity contribution >= 4 is 11.9 Å². The lowest BCUT2D eigenvalue weighted by Crippen LogP contribution is -2.12. The Morgan fingerprint density at radius 3 is 2.92 bits per heavy atom. The van der Waals surface area contributed by atoms with Gasteiger partial charge in [0.1, 0.15) is 0 Å². The van der Waals surface area contributed by atoms with Gasteiger partial charge in [-0.15, -0.1) is 0 Å². The fourth-order valence-electron chi connectivity index (χ4n) is 0.639. The van der Waals surface area contributed by atoms with Gasteiger partial charge in [0.25, 0.3) is 0 Å². The Labute approximate surface area is 69.3 Å². The Morgan fingerprint density at radius 1 is 1.67 bits per heavy atom. The number of carbonyl (C=O) groups is 1. The van der Waals surface area contributed by atoms with Crippen LogP contribution >= 0.6 is 0 Å². The monoisotopic (exact) mass is 167 g/mol. The minimum atomic E-state index is -0.240. The van der Waals surface area contributed by atoms with Gasteiger partial charge in [0, 0.05) is 7.05 Å². The Hall–Kier alpha value is -1.72. The molecule has 0 aromatic carbocycles. The second-order valence-electron chi connectivity index (χ2n) is 2.12. The molecule has 0 saturated heterocycles. The van der Waals surface area contributed by atoms with Crippen LogP contribution in [0.4, 0.5) is 5.95 Å². The number of carbonyl (C=O) groups excluding carboxylic acids is 1. The summed E-state index contributed by atoms with van der Waals surface area (Å²) in [6.07, 6.45) is 3.04. The molecular formula is C6H9N5O. The minimum absolute atomic E-state index is 0.240. The summed E-state index contributed by atoms with van der Waals surface area (Å²) in [7, 11) is 1.64. The molecular weight excluding hydrogens is 158 g/mol. The largest absolute Gasteiger partial charge is 0.290 e. The SMILES string of the molecule is C/C=C/C(=O)Nc1nnnn1C. The van der Waals surface area contributed by atoms with Crippen LogP contribution in [-0.2, 0) is 11.8 Å². The van der Waals surface area contributed by atoms with Crippen LogP contribution < -0.4 is 5.32 Å². The fourth-order valence-corrected chi connectivity index (χ4v) is 0.639. The highest BCUT2D eigenvalue weighted by Gasteiger charge is 2.02. The van der Waals surface area contributed by atoms with Crippen molar-refractivity contribution in [2.24, 2.45) is 7.05 Å². The van der Waals surface area contributed by atoms with Gasteiger partial charge in [0.05, 0.1) is 0 Å². The molecule has 1 aromatic rings. The van der Waals surface area contributed by atoms with Crippen molar-refractivity contribution in [3.63, 3.8) is 0 Å². The predicted octanol–water partition coefficient (Wildman–Crippen LogP) is -0.275. The van der Waals surface area contributed by atoms with E-state index in [-0.39, 0.29) is 5.91 Å². The van der Waals surface area contributed by atoms with Gasteiger partial charge in [-0.05, 0) is 23.4 Å². The first-order valence-electron chi connectivity index (χ1n) is 3.40. The molecule has 12 heavy (non-hydrogen) atoms. The van der Waals surface area contributed by atoms with E-state index < -0.39 is 0 Å². The molecule has 0 aliphatic carbocycles. The summed E-state index contributed by atoms with van der Waals surface area (Å²) in [5, 5.41) is 13.0. The molecule has 1 N–H and O–H groups in total. The molecule has 0 bridgehead atoms. The number of hydrogen-bond acceptors (Lipinski definition) is 4. The van der Waals surface area contributed by atoms with E-state index in [1.807, 2.05) is 0 Å². The van der Waals surface area contributed by atoms with Crippen LogP contribution in [-0.4, -0.2) is 26.1 Å². The van der Waals surface area contributed by atoms with Gasteiger partial charge >= 0.3 is 0 Å². The molecule has 0 saturated carbocycles. The van der Waals surface area contributed by atoms with Gasteiger partial charge in [-0.1, -0.05) is 11.2 Å². The number of rotatable bonds is 2. The number of tetrazole rings is 1. The number of nitrogens with one attached hydrogen (secondary N) is 1. The number of aryl methyl sites for hydroxylation is 1. The summed E-state index contributed by atoms with van der Waals surface area (Å²) < 4.78 is 1.38. The smallest absolute Gasteiger partial charge is 0.250 e. The third-order valence-electron chi connectivity index (χ3n) is 1.17. The maximum atomic E-state index is 11.0. The maximum Gasteiger partial charge on any atom is 0.250 e. The summed E-state index contributed by atoms with van der Waals surface area (Å²) in [5.74, 6) is 0.0912. The third kappa shape index (κ3) is 1.88. The Kier molecular flexibility index (Phi) is 2.52. The highest BCUT2D eigenvalue weighted by Crippen LogP contribution is 1.94. The van der Waals surface area contributed by atoms with E-state index in [0.29, 0.717) is 5.95 Å².